The zero-order valence-electron chi connectivity index (χ0n) is 10.6. The number of hydrogen-bond acceptors (Lipinski definition) is 3. The van der Waals surface area contributed by atoms with Crippen molar-refractivity contribution in [2.24, 2.45) is 5.41 Å². The van der Waals surface area contributed by atoms with E-state index in [0.717, 1.165) is 0 Å². The largest absolute Gasteiger partial charge is 0.404 e. The summed E-state index contributed by atoms with van der Waals surface area (Å²) in [6.45, 7) is 1.39. The summed E-state index contributed by atoms with van der Waals surface area (Å²) in [6, 6.07) is 3.09. The molecule has 1 aliphatic rings. The predicted octanol–water partition coefficient (Wildman–Crippen LogP) is 2.63. The van der Waals surface area contributed by atoms with Gasteiger partial charge in [-0.1, -0.05) is 0 Å². The zero-order valence-corrected chi connectivity index (χ0v) is 12.2. The summed E-state index contributed by atoms with van der Waals surface area (Å²) in [5, 5.41) is 4.95. The number of halogens is 4. The van der Waals surface area contributed by atoms with Crippen molar-refractivity contribution in [3.63, 3.8) is 0 Å². The normalized spacial score (nSPS) is 22.9. The molecule has 0 spiro atoms. The summed E-state index contributed by atoms with van der Waals surface area (Å²) >= 11 is 3.16. The van der Waals surface area contributed by atoms with Gasteiger partial charge in [0.25, 0.3) is 0 Å². The predicted molar refractivity (Wildman–Crippen MR) is 71.3 cm³/mol. The molecule has 1 saturated heterocycles. The van der Waals surface area contributed by atoms with Crippen LogP contribution in [0.1, 0.15) is 12.1 Å². The smallest absolute Gasteiger partial charge is 0.324 e. The lowest BCUT2D eigenvalue weighted by atomic mass is 9.85. The highest BCUT2D eigenvalue weighted by Crippen LogP contribution is 2.43. The lowest BCUT2D eigenvalue weighted by Gasteiger charge is -2.29. The van der Waals surface area contributed by atoms with E-state index in [0.29, 0.717) is 10.3 Å². The van der Waals surface area contributed by atoms with Gasteiger partial charge in [0.05, 0.1) is 11.4 Å². The number of nitrogens with zero attached hydrogens (tertiary/aromatic N) is 1. The molecule has 0 aliphatic carbocycles. The summed E-state index contributed by atoms with van der Waals surface area (Å²) in [5.74, 6) is -1.04. The molecule has 4 nitrogen and oxygen atoms in total. The molecular formula is C12H13BrF3N3O. The molecular weight excluding hydrogens is 339 g/mol. The van der Waals surface area contributed by atoms with Gasteiger partial charge in [0, 0.05) is 6.54 Å². The molecule has 0 bridgehead atoms. The van der Waals surface area contributed by atoms with Gasteiger partial charge in [-0.2, -0.15) is 13.2 Å². The fraction of sp³-hybridized carbons (Fsp3) is 0.500. The molecule has 0 radical (unpaired) electrons. The number of nitrogens with one attached hydrogen (secondary N) is 2. The Hall–Kier alpha value is -1.15. The molecule has 20 heavy (non-hydrogen) atoms. The van der Waals surface area contributed by atoms with Crippen LogP contribution >= 0.6 is 15.9 Å². The van der Waals surface area contributed by atoms with Gasteiger partial charge in [-0.3, -0.25) is 4.79 Å². The third-order valence-electron chi connectivity index (χ3n) is 3.43. The Morgan fingerprint density at radius 2 is 2.20 bits per heavy atom. The highest BCUT2D eigenvalue weighted by molar-refractivity contribution is 9.10. The van der Waals surface area contributed by atoms with Gasteiger partial charge in [-0.05, 0) is 48.0 Å². The van der Waals surface area contributed by atoms with Crippen LogP contribution in [0.25, 0.3) is 0 Å². The second-order valence-electron chi connectivity index (χ2n) is 4.73. The van der Waals surface area contributed by atoms with Gasteiger partial charge in [0.15, 0.2) is 5.41 Å². The minimum absolute atomic E-state index is 0.171. The Labute approximate surface area is 122 Å². The third kappa shape index (κ3) is 2.67. The fourth-order valence-electron chi connectivity index (χ4n) is 2.16. The van der Waals surface area contributed by atoms with Crippen LogP contribution < -0.4 is 10.6 Å². The molecule has 8 heteroatoms. The maximum atomic E-state index is 13.2. The summed E-state index contributed by atoms with van der Waals surface area (Å²) in [7, 11) is 0. The van der Waals surface area contributed by atoms with E-state index in [4.69, 9.17) is 0 Å². The summed E-state index contributed by atoms with van der Waals surface area (Å²) < 4.78 is 40.2. The van der Waals surface area contributed by atoms with Crippen LogP contribution in [0.5, 0.6) is 0 Å². The van der Waals surface area contributed by atoms with Crippen molar-refractivity contribution in [2.45, 2.75) is 19.5 Å². The van der Waals surface area contributed by atoms with Crippen LogP contribution in [0.3, 0.4) is 0 Å². The van der Waals surface area contributed by atoms with Crippen molar-refractivity contribution in [1.82, 2.24) is 10.3 Å². The van der Waals surface area contributed by atoms with E-state index in [2.05, 4.69) is 31.5 Å². The first-order valence-electron chi connectivity index (χ1n) is 5.98. The standard InChI is InChI=1S/C12H13BrF3N3O/c1-7-8(2-3-9(13)18-7)19-10(20)11(12(14,15)16)4-5-17-6-11/h2-3,17H,4-6H2,1H3,(H,19,20). The van der Waals surface area contributed by atoms with Crippen molar-refractivity contribution < 1.29 is 18.0 Å². The number of amides is 1. The van der Waals surface area contributed by atoms with Crippen molar-refractivity contribution >= 4 is 27.5 Å². The summed E-state index contributed by atoms with van der Waals surface area (Å²) in [5.41, 5.74) is -1.63. The number of aromatic nitrogens is 1. The van der Waals surface area contributed by atoms with Gasteiger partial charge >= 0.3 is 6.18 Å². The Morgan fingerprint density at radius 3 is 2.70 bits per heavy atom. The molecule has 0 aromatic carbocycles. The van der Waals surface area contributed by atoms with E-state index in [1.807, 2.05) is 0 Å². The zero-order chi connectivity index (χ0) is 15.0. The number of aryl methyl sites for hydroxylation is 1. The molecule has 0 saturated carbocycles. The van der Waals surface area contributed by atoms with Crippen LogP contribution in [-0.2, 0) is 4.79 Å². The Balaban J connectivity index is 2.26. The van der Waals surface area contributed by atoms with Crippen molar-refractivity contribution in [3.05, 3.63) is 22.4 Å². The second kappa shape index (κ2) is 5.33. The first kappa shape index (κ1) is 15.2. The first-order valence-corrected chi connectivity index (χ1v) is 6.78. The number of anilines is 1. The maximum Gasteiger partial charge on any atom is 0.404 e. The summed E-state index contributed by atoms with van der Waals surface area (Å²) in [4.78, 5) is 16.2. The van der Waals surface area contributed by atoms with Crippen LogP contribution in [0.2, 0.25) is 0 Å². The van der Waals surface area contributed by atoms with Gasteiger partial charge in [0.1, 0.15) is 4.60 Å². The van der Waals surface area contributed by atoms with Crippen molar-refractivity contribution in [1.29, 1.82) is 0 Å². The molecule has 2 rings (SSSR count). The van der Waals surface area contributed by atoms with Crippen LogP contribution in [0, 0.1) is 12.3 Å². The lowest BCUT2D eigenvalue weighted by molar-refractivity contribution is -0.213. The number of alkyl halides is 3. The van der Waals surface area contributed by atoms with Gasteiger partial charge in [-0.25, -0.2) is 4.98 Å². The van der Waals surface area contributed by atoms with Gasteiger partial charge < -0.3 is 10.6 Å². The molecule has 1 unspecified atom stereocenters. The van der Waals surface area contributed by atoms with E-state index in [9.17, 15) is 18.0 Å². The van der Waals surface area contributed by atoms with Crippen LogP contribution in [0.4, 0.5) is 18.9 Å². The lowest BCUT2D eigenvalue weighted by Crippen LogP contribution is -2.49. The number of pyridine rings is 1. The van der Waals surface area contributed by atoms with Crippen molar-refractivity contribution in [3.8, 4) is 0 Å². The maximum absolute atomic E-state index is 13.2. The van der Waals surface area contributed by atoms with E-state index >= 15 is 0 Å². The van der Waals surface area contributed by atoms with E-state index in [1.165, 1.54) is 6.07 Å². The SMILES string of the molecule is Cc1nc(Br)ccc1NC(=O)C1(C(F)(F)F)CCNC1. The summed E-state index contributed by atoms with van der Waals surface area (Å²) in [6.07, 6.45) is -4.84. The van der Waals surface area contributed by atoms with Crippen molar-refractivity contribution in [2.75, 3.05) is 18.4 Å². The molecule has 2 heterocycles. The minimum atomic E-state index is -4.59. The number of rotatable bonds is 2. The molecule has 1 fully saturated rings. The molecule has 1 aromatic heterocycles. The topological polar surface area (TPSA) is 54.0 Å². The van der Waals surface area contributed by atoms with Gasteiger partial charge in [0.2, 0.25) is 5.91 Å². The molecule has 110 valence electrons. The van der Waals surface area contributed by atoms with E-state index in [1.54, 1.807) is 13.0 Å². The minimum Gasteiger partial charge on any atom is -0.324 e. The average molecular weight is 352 g/mol. The molecule has 1 aromatic rings. The monoisotopic (exact) mass is 351 g/mol. The molecule has 1 aliphatic heterocycles. The molecule has 1 atom stereocenters. The Kier molecular flexibility index (Phi) is 4.06. The number of hydrogen-bond donors (Lipinski definition) is 2. The second-order valence-corrected chi connectivity index (χ2v) is 5.54. The Morgan fingerprint density at radius 1 is 1.50 bits per heavy atom. The van der Waals surface area contributed by atoms with Crippen LogP contribution in [0.15, 0.2) is 16.7 Å². The molecule has 1 amide bonds. The van der Waals surface area contributed by atoms with Crippen LogP contribution in [-0.4, -0.2) is 30.2 Å². The van der Waals surface area contributed by atoms with E-state index in [-0.39, 0.29) is 18.7 Å². The highest BCUT2D eigenvalue weighted by Gasteiger charge is 2.61. The first-order chi connectivity index (χ1) is 9.26. The average Bonchev–Trinajstić information content (AvgIpc) is 2.82. The molecule has 2 N–H and O–H groups in total. The number of carbonyl (C=O) groups is 1. The third-order valence-corrected chi connectivity index (χ3v) is 3.87. The fourth-order valence-corrected chi connectivity index (χ4v) is 2.56. The van der Waals surface area contributed by atoms with E-state index < -0.39 is 24.0 Å². The van der Waals surface area contributed by atoms with Gasteiger partial charge in [-0.15, -0.1) is 0 Å². The number of carbonyl (C=O) groups excluding carboxylic acids is 1. The highest BCUT2D eigenvalue weighted by atomic mass is 79.9. The quantitative estimate of drug-likeness (QED) is 0.805. The Bertz CT molecular complexity index is 527.